The average molecular weight is 343 g/mol. The highest BCUT2D eigenvalue weighted by Crippen LogP contribution is 2.26. The second-order valence-corrected chi connectivity index (χ2v) is 5.52. The number of carbonyl (C=O) groups excluding carboxylic acids is 2. The summed E-state index contributed by atoms with van der Waals surface area (Å²) >= 11 is 5.85. The number of amides is 2. The number of carbonyl (C=O) groups is 2. The van der Waals surface area contributed by atoms with E-state index in [1.807, 2.05) is 19.1 Å². The number of nitrogens with one attached hydrogen (secondary N) is 1. The molecule has 0 bridgehead atoms. The third-order valence-electron chi connectivity index (χ3n) is 3.49. The lowest BCUT2D eigenvalue weighted by atomic mass is 10.1. The number of nitrogens with zero attached hydrogens (tertiary/aromatic N) is 1. The fourth-order valence-corrected chi connectivity index (χ4v) is 2.50. The highest BCUT2D eigenvalue weighted by Gasteiger charge is 2.34. The van der Waals surface area contributed by atoms with Gasteiger partial charge in [0.15, 0.2) is 0 Å². The van der Waals surface area contributed by atoms with E-state index >= 15 is 0 Å². The molecular formula is C18H15ClN2O3. The van der Waals surface area contributed by atoms with Crippen molar-refractivity contribution in [3.8, 4) is 5.75 Å². The molecule has 0 spiro atoms. The van der Waals surface area contributed by atoms with Crippen molar-refractivity contribution in [2.75, 3.05) is 11.6 Å². The van der Waals surface area contributed by atoms with E-state index in [9.17, 15) is 9.59 Å². The topological polar surface area (TPSA) is 58.6 Å². The molecule has 0 aliphatic carbocycles. The number of rotatable bonds is 4. The second kappa shape index (κ2) is 6.76. The van der Waals surface area contributed by atoms with E-state index in [1.54, 1.807) is 42.5 Å². The van der Waals surface area contributed by atoms with E-state index in [1.165, 1.54) is 5.01 Å². The maximum Gasteiger partial charge on any atom is 0.282 e. The highest BCUT2D eigenvalue weighted by molar-refractivity contribution is 6.32. The first-order valence-electron chi connectivity index (χ1n) is 7.44. The summed E-state index contributed by atoms with van der Waals surface area (Å²) in [6.45, 7) is 2.37. The van der Waals surface area contributed by atoms with E-state index in [-0.39, 0.29) is 5.57 Å². The fourth-order valence-electron chi connectivity index (χ4n) is 2.37. The maximum absolute atomic E-state index is 12.6. The molecule has 2 aromatic rings. The Bertz CT molecular complexity index is 815. The van der Waals surface area contributed by atoms with Crippen LogP contribution >= 0.6 is 11.6 Å². The van der Waals surface area contributed by atoms with E-state index in [4.69, 9.17) is 16.3 Å². The molecule has 1 aliphatic rings. The summed E-state index contributed by atoms with van der Waals surface area (Å²) in [4.78, 5) is 24.8. The quantitative estimate of drug-likeness (QED) is 0.685. The SMILES string of the molecule is CCOc1ccccc1/C=C1/C(=O)NN(c2ccc(Cl)cc2)C1=O. The average Bonchev–Trinajstić information content (AvgIpc) is 2.86. The molecule has 24 heavy (non-hydrogen) atoms. The van der Waals surface area contributed by atoms with Crippen LogP contribution in [-0.2, 0) is 9.59 Å². The number of para-hydroxylation sites is 1. The number of ether oxygens (including phenoxy) is 1. The molecular weight excluding hydrogens is 328 g/mol. The van der Waals surface area contributed by atoms with Crippen LogP contribution in [0.15, 0.2) is 54.1 Å². The molecule has 6 heteroatoms. The van der Waals surface area contributed by atoms with Gasteiger partial charge in [-0.15, -0.1) is 0 Å². The summed E-state index contributed by atoms with van der Waals surface area (Å²) in [6.07, 6.45) is 1.54. The van der Waals surface area contributed by atoms with Crippen molar-refractivity contribution in [1.82, 2.24) is 5.43 Å². The Morgan fingerprint density at radius 2 is 1.83 bits per heavy atom. The minimum atomic E-state index is -0.457. The molecule has 2 aromatic carbocycles. The first kappa shape index (κ1) is 16.1. The van der Waals surface area contributed by atoms with Crippen molar-refractivity contribution in [2.24, 2.45) is 0 Å². The predicted molar refractivity (Wildman–Crippen MR) is 92.7 cm³/mol. The molecule has 0 saturated carbocycles. The van der Waals surface area contributed by atoms with E-state index in [0.29, 0.717) is 28.6 Å². The molecule has 1 aliphatic heterocycles. The van der Waals surface area contributed by atoms with Crippen molar-refractivity contribution >= 4 is 35.2 Å². The lowest BCUT2D eigenvalue weighted by Gasteiger charge is -2.14. The van der Waals surface area contributed by atoms with Crippen LogP contribution in [0.2, 0.25) is 5.02 Å². The molecule has 3 rings (SSSR count). The van der Waals surface area contributed by atoms with E-state index in [0.717, 1.165) is 0 Å². The predicted octanol–water partition coefficient (Wildman–Crippen LogP) is 3.20. The second-order valence-electron chi connectivity index (χ2n) is 5.09. The lowest BCUT2D eigenvalue weighted by Crippen LogP contribution is -2.35. The molecule has 0 radical (unpaired) electrons. The third kappa shape index (κ3) is 3.12. The van der Waals surface area contributed by atoms with Crippen LogP contribution in [0.25, 0.3) is 6.08 Å². The van der Waals surface area contributed by atoms with Crippen LogP contribution in [0.1, 0.15) is 12.5 Å². The van der Waals surface area contributed by atoms with Crippen LogP contribution in [0.4, 0.5) is 5.69 Å². The first-order valence-corrected chi connectivity index (χ1v) is 7.82. The minimum absolute atomic E-state index is 0.0529. The molecule has 1 saturated heterocycles. The van der Waals surface area contributed by atoms with Gasteiger partial charge in [-0.2, -0.15) is 0 Å². The largest absolute Gasteiger partial charge is 0.493 e. The highest BCUT2D eigenvalue weighted by atomic mass is 35.5. The molecule has 1 fully saturated rings. The van der Waals surface area contributed by atoms with Gasteiger partial charge in [-0.25, -0.2) is 5.01 Å². The molecule has 1 heterocycles. The van der Waals surface area contributed by atoms with Gasteiger partial charge in [0.05, 0.1) is 12.3 Å². The van der Waals surface area contributed by atoms with Crippen molar-refractivity contribution < 1.29 is 14.3 Å². The van der Waals surface area contributed by atoms with Gasteiger partial charge in [0, 0.05) is 10.6 Å². The summed E-state index contributed by atoms with van der Waals surface area (Å²) in [5.74, 6) is -0.257. The Morgan fingerprint density at radius 1 is 1.12 bits per heavy atom. The van der Waals surface area contributed by atoms with Gasteiger partial charge in [0.1, 0.15) is 11.3 Å². The summed E-state index contributed by atoms with van der Waals surface area (Å²) in [5.41, 5.74) is 3.82. The van der Waals surface area contributed by atoms with Crippen molar-refractivity contribution in [3.05, 3.63) is 64.7 Å². The Kier molecular flexibility index (Phi) is 4.53. The van der Waals surface area contributed by atoms with E-state index < -0.39 is 11.8 Å². The number of anilines is 1. The standard InChI is InChI=1S/C18H15ClN2O3/c1-2-24-16-6-4-3-5-12(16)11-15-17(22)20-21(18(15)23)14-9-7-13(19)8-10-14/h3-11H,2H2,1H3,(H,20,22)/b15-11-. The summed E-state index contributed by atoms with van der Waals surface area (Å²) in [6, 6.07) is 13.9. The molecule has 1 N–H and O–H groups in total. The summed E-state index contributed by atoms with van der Waals surface area (Å²) < 4.78 is 5.53. The molecule has 122 valence electrons. The molecule has 5 nitrogen and oxygen atoms in total. The van der Waals surface area contributed by atoms with Crippen LogP contribution in [0.3, 0.4) is 0 Å². The normalized spacial score (nSPS) is 15.8. The number of hydrazine groups is 1. The first-order chi connectivity index (χ1) is 11.6. The monoisotopic (exact) mass is 342 g/mol. The fraction of sp³-hybridized carbons (Fsp3) is 0.111. The molecule has 0 aromatic heterocycles. The summed E-state index contributed by atoms with van der Waals surface area (Å²) in [7, 11) is 0. The van der Waals surface area contributed by atoms with Gasteiger partial charge in [-0.1, -0.05) is 29.8 Å². The molecule has 2 amide bonds. The Balaban J connectivity index is 1.93. The zero-order chi connectivity index (χ0) is 17.1. The van der Waals surface area contributed by atoms with E-state index in [2.05, 4.69) is 5.43 Å². The maximum atomic E-state index is 12.6. The Hall–Kier alpha value is -2.79. The van der Waals surface area contributed by atoms with Crippen LogP contribution < -0.4 is 15.2 Å². The van der Waals surface area contributed by atoms with Gasteiger partial charge in [-0.3, -0.25) is 15.0 Å². The number of hydrogen-bond donors (Lipinski definition) is 1. The number of benzene rings is 2. The third-order valence-corrected chi connectivity index (χ3v) is 3.75. The zero-order valence-electron chi connectivity index (χ0n) is 13.0. The minimum Gasteiger partial charge on any atom is -0.493 e. The molecule has 0 atom stereocenters. The van der Waals surface area contributed by atoms with Crippen LogP contribution in [0, 0.1) is 0 Å². The van der Waals surface area contributed by atoms with Gasteiger partial charge in [-0.05, 0) is 43.3 Å². The van der Waals surface area contributed by atoms with Gasteiger partial charge >= 0.3 is 0 Å². The molecule has 0 unspecified atom stereocenters. The Morgan fingerprint density at radius 3 is 2.54 bits per heavy atom. The zero-order valence-corrected chi connectivity index (χ0v) is 13.7. The van der Waals surface area contributed by atoms with Crippen molar-refractivity contribution in [1.29, 1.82) is 0 Å². The van der Waals surface area contributed by atoms with Crippen LogP contribution in [0.5, 0.6) is 5.75 Å². The Labute approximate surface area is 144 Å². The summed E-state index contributed by atoms with van der Waals surface area (Å²) in [5, 5.41) is 1.76. The van der Waals surface area contributed by atoms with Gasteiger partial charge < -0.3 is 4.74 Å². The number of hydrogen-bond acceptors (Lipinski definition) is 3. The van der Waals surface area contributed by atoms with Gasteiger partial charge in [0.2, 0.25) is 0 Å². The van der Waals surface area contributed by atoms with Gasteiger partial charge in [0.25, 0.3) is 11.8 Å². The van der Waals surface area contributed by atoms with Crippen molar-refractivity contribution in [2.45, 2.75) is 6.92 Å². The van der Waals surface area contributed by atoms with Crippen LogP contribution in [-0.4, -0.2) is 18.4 Å². The lowest BCUT2D eigenvalue weighted by molar-refractivity contribution is -0.117. The number of halogens is 1. The van der Waals surface area contributed by atoms with Crippen molar-refractivity contribution in [3.63, 3.8) is 0 Å². The smallest absolute Gasteiger partial charge is 0.282 e.